The quantitative estimate of drug-likeness (QED) is 0.612. The first-order valence-electron chi connectivity index (χ1n) is 11.5. The molecule has 0 saturated carbocycles. The predicted molar refractivity (Wildman–Crippen MR) is 134 cm³/mol. The van der Waals surface area contributed by atoms with Gasteiger partial charge in [-0.05, 0) is 75.2 Å². The van der Waals surface area contributed by atoms with Crippen molar-refractivity contribution in [1.82, 2.24) is 5.32 Å². The van der Waals surface area contributed by atoms with Crippen LogP contribution in [-0.4, -0.2) is 45.1 Å². The van der Waals surface area contributed by atoms with Crippen LogP contribution in [0.3, 0.4) is 0 Å². The lowest BCUT2D eigenvalue weighted by Crippen LogP contribution is -2.32. The molecule has 0 aromatic heterocycles. The highest BCUT2D eigenvalue weighted by molar-refractivity contribution is 6.14. The van der Waals surface area contributed by atoms with Crippen LogP contribution in [0.4, 0.5) is 11.4 Å². The molecule has 164 valence electrons. The molecule has 1 saturated heterocycles. The van der Waals surface area contributed by atoms with Crippen LogP contribution in [0.2, 0.25) is 0 Å². The first-order chi connectivity index (χ1) is 15.1. The second-order valence-corrected chi connectivity index (χ2v) is 7.80. The minimum atomic E-state index is 0.138. The van der Waals surface area contributed by atoms with Gasteiger partial charge in [0.25, 0.3) is 0 Å². The fourth-order valence-electron chi connectivity index (χ4n) is 4.07. The van der Waals surface area contributed by atoms with Gasteiger partial charge < -0.3 is 15.1 Å². The Balaban J connectivity index is 1.76. The Morgan fingerprint density at radius 1 is 0.677 bits per heavy atom. The Kier molecular flexibility index (Phi) is 8.07. The van der Waals surface area contributed by atoms with Crippen LogP contribution >= 0.6 is 0 Å². The number of carbonyl (C=O) groups excluding carboxylic acids is 1. The minimum Gasteiger partial charge on any atom is -0.372 e. The molecule has 0 unspecified atom stereocenters. The second kappa shape index (κ2) is 11.0. The number of nitrogens with zero attached hydrogens (tertiary/aromatic N) is 2. The van der Waals surface area contributed by atoms with Gasteiger partial charge >= 0.3 is 0 Å². The van der Waals surface area contributed by atoms with Crippen LogP contribution in [0.15, 0.2) is 59.7 Å². The smallest absolute Gasteiger partial charge is 0.187 e. The molecule has 1 aliphatic heterocycles. The summed E-state index contributed by atoms with van der Waals surface area (Å²) in [6.45, 7) is 13.8. The highest BCUT2D eigenvalue weighted by Gasteiger charge is 2.20. The molecule has 3 rings (SSSR count). The van der Waals surface area contributed by atoms with Crippen LogP contribution in [0.25, 0.3) is 12.2 Å². The summed E-state index contributed by atoms with van der Waals surface area (Å²) < 4.78 is 0. The van der Waals surface area contributed by atoms with Crippen molar-refractivity contribution >= 4 is 29.3 Å². The third-order valence-electron chi connectivity index (χ3n) is 5.94. The normalized spacial score (nSPS) is 16.7. The summed E-state index contributed by atoms with van der Waals surface area (Å²) >= 11 is 0. The van der Waals surface area contributed by atoms with Crippen LogP contribution in [-0.2, 0) is 4.79 Å². The van der Waals surface area contributed by atoms with Gasteiger partial charge in [0.15, 0.2) is 5.78 Å². The minimum absolute atomic E-state index is 0.138. The summed E-state index contributed by atoms with van der Waals surface area (Å²) in [5.74, 6) is 0.138. The van der Waals surface area contributed by atoms with E-state index in [0.717, 1.165) is 48.5 Å². The zero-order valence-electron chi connectivity index (χ0n) is 19.3. The van der Waals surface area contributed by atoms with Crippen molar-refractivity contribution < 1.29 is 4.79 Å². The van der Waals surface area contributed by atoms with Gasteiger partial charge in [-0.1, -0.05) is 24.3 Å². The maximum absolute atomic E-state index is 13.1. The van der Waals surface area contributed by atoms with Gasteiger partial charge in [-0.2, -0.15) is 0 Å². The predicted octanol–water partition coefficient (Wildman–Crippen LogP) is 5.02. The number of anilines is 2. The Morgan fingerprint density at radius 3 is 1.35 bits per heavy atom. The van der Waals surface area contributed by atoms with E-state index in [0.29, 0.717) is 13.1 Å². The van der Waals surface area contributed by atoms with E-state index in [4.69, 9.17) is 0 Å². The lowest BCUT2D eigenvalue weighted by Gasteiger charge is -2.21. The van der Waals surface area contributed by atoms with Crippen LogP contribution < -0.4 is 15.1 Å². The third kappa shape index (κ3) is 5.65. The van der Waals surface area contributed by atoms with Gasteiger partial charge in [-0.3, -0.25) is 4.79 Å². The van der Waals surface area contributed by atoms with E-state index >= 15 is 0 Å². The number of piperidine rings is 1. The summed E-state index contributed by atoms with van der Waals surface area (Å²) in [5, 5.41) is 3.38. The number of nitrogens with one attached hydrogen (secondary N) is 1. The van der Waals surface area contributed by atoms with E-state index in [9.17, 15) is 4.79 Å². The monoisotopic (exact) mass is 417 g/mol. The maximum atomic E-state index is 13.1. The maximum Gasteiger partial charge on any atom is 0.187 e. The number of Topliss-reactive ketones (excluding diaryl/α,β-unsaturated/α-hetero) is 1. The largest absolute Gasteiger partial charge is 0.372 e. The zero-order chi connectivity index (χ0) is 22.2. The van der Waals surface area contributed by atoms with E-state index < -0.39 is 0 Å². The topological polar surface area (TPSA) is 35.6 Å². The highest BCUT2D eigenvalue weighted by atomic mass is 16.1. The number of carbonyl (C=O) groups is 1. The van der Waals surface area contributed by atoms with Gasteiger partial charge in [0, 0.05) is 61.8 Å². The van der Waals surface area contributed by atoms with Crippen LogP contribution in [0.1, 0.15) is 38.8 Å². The molecule has 0 amide bonds. The molecule has 4 heteroatoms. The molecule has 1 aliphatic rings. The van der Waals surface area contributed by atoms with Crippen molar-refractivity contribution in [3.8, 4) is 0 Å². The molecule has 1 N–H and O–H groups in total. The number of ketones is 1. The zero-order valence-corrected chi connectivity index (χ0v) is 19.3. The average Bonchev–Trinajstić information content (AvgIpc) is 2.80. The van der Waals surface area contributed by atoms with Gasteiger partial charge in [0.2, 0.25) is 0 Å². The summed E-state index contributed by atoms with van der Waals surface area (Å²) in [4.78, 5) is 17.7. The van der Waals surface area contributed by atoms with Gasteiger partial charge in [-0.15, -0.1) is 0 Å². The Bertz CT molecular complexity index is 842. The molecule has 0 bridgehead atoms. The number of hydrogen-bond acceptors (Lipinski definition) is 4. The van der Waals surface area contributed by atoms with Crippen LogP contribution in [0.5, 0.6) is 0 Å². The van der Waals surface area contributed by atoms with E-state index in [1.54, 1.807) is 0 Å². The Labute approximate surface area is 187 Å². The van der Waals surface area contributed by atoms with Crippen molar-refractivity contribution in [2.75, 3.05) is 49.1 Å². The molecule has 0 radical (unpaired) electrons. The molecule has 2 aromatic carbocycles. The lowest BCUT2D eigenvalue weighted by molar-refractivity contribution is -0.112. The van der Waals surface area contributed by atoms with Gasteiger partial charge in [0.1, 0.15) is 0 Å². The fourth-order valence-corrected chi connectivity index (χ4v) is 4.07. The molecule has 31 heavy (non-hydrogen) atoms. The van der Waals surface area contributed by atoms with Crippen molar-refractivity contribution in [2.24, 2.45) is 0 Å². The Morgan fingerprint density at radius 2 is 1.03 bits per heavy atom. The standard InChI is InChI=1S/C27H35N3O/c1-5-29(6-2)25-13-9-21(10-14-25)17-23-19-28-20-24(27(23)31)18-22-11-15-26(16-12-22)30(7-3)8-4/h9-18,28H,5-8,19-20H2,1-4H3/b23-17+,24-18+. The molecular weight excluding hydrogens is 382 g/mol. The second-order valence-electron chi connectivity index (χ2n) is 7.80. The lowest BCUT2D eigenvalue weighted by atomic mass is 9.95. The molecule has 0 aliphatic carbocycles. The van der Waals surface area contributed by atoms with E-state index in [2.05, 4.69) is 91.3 Å². The number of rotatable bonds is 8. The molecule has 0 spiro atoms. The van der Waals surface area contributed by atoms with Crippen molar-refractivity contribution in [1.29, 1.82) is 0 Å². The highest BCUT2D eigenvalue weighted by Crippen LogP contribution is 2.21. The molecule has 4 nitrogen and oxygen atoms in total. The summed E-state index contributed by atoms with van der Waals surface area (Å²) in [6, 6.07) is 16.9. The van der Waals surface area contributed by atoms with E-state index in [1.807, 2.05) is 12.2 Å². The summed E-state index contributed by atoms with van der Waals surface area (Å²) in [6.07, 6.45) is 4.02. The molecule has 1 heterocycles. The molecule has 0 atom stereocenters. The van der Waals surface area contributed by atoms with Gasteiger partial charge in [0.05, 0.1) is 0 Å². The molecule has 1 fully saturated rings. The van der Waals surface area contributed by atoms with Crippen LogP contribution in [0, 0.1) is 0 Å². The van der Waals surface area contributed by atoms with E-state index in [1.165, 1.54) is 11.4 Å². The van der Waals surface area contributed by atoms with Crippen molar-refractivity contribution in [3.63, 3.8) is 0 Å². The fraction of sp³-hybridized carbons (Fsp3) is 0.370. The summed E-state index contributed by atoms with van der Waals surface area (Å²) in [7, 11) is 0. The number of hydrogen-bond donors (Lipinski definition) is 1. The first-order valence-corrected chi connectivity index (χ1v) is 11.5. The molecule has 2 aromatic rings. The Hall–Kier alpha value is -2.85. The number of benzene rings is 2. The molecular formula is C27H35N3O. The first kappa shape index (κ1) is 22.8. The van der Waals surface area contributed by atoms with E-state index in [-0.39, 0.29) is 5.78 Å². The van der Waals surface area contributed by atoms with Crippen molar-refractivity contribution in [3.05, 3.63) is 70.8 Å². The third-order valence-corrected chi connectivity index (χ3v) is 5.94. The van der Waals surface area contributed by atoms with Gasteiger partial charge in [-0.25, -0.2) is 0 Å². The van der Waals surface area contributed by atoms with Crippen molar-refractivity contribution in [2.45, 2.75) is 27.7 Å². The average molecular weight is 418 g/mol. The summed E-state index contributed by atoms with van der Waals surface area (Å²) in [5.41, 5.74) is 6.18. The SMILES string of the molecule is CCN(CC)c1ccc(/C=C2\CNC/C(=C\c3ccc(N(CC)CC)cc3)C2=O)cc1.